The molecule has 146 valence electrons. The summed E-state index contributed by atoms with van der Waals surface area (Å²) >= 11 is 13.6. The van der Waals surface area contributed by atoms with Crippen LogP contribution in [0.5, 0.6) is 5.75 Å². The molecule has 2 aromatic rings. The number of benzene rings is 1. The molecule has 1 N–H and O–H groups in total. The Bertz CT molecular complexity index is 944. The van der Waals surface area contributed by atoms with Gasteiger partial charge in [-0.2, -0.15) is 0 Å². The third kappa shape index (κ3) is 5.54. The Morgan fingerprint density at radius 3 is 2.96 bits per heavy atom. The van der Waals surface area contributed by atoms with E-state index in [0.29, 0.717) is 39.0 Å². The minimum Gasteiger partial charge on any atom is -0.488 e. The molecule has 28 heavy (non-hydrogen) atoms. The lowest BCUT2D eigenvalue weighted by Gasteiger charge is -2.13. The van der Waals surface area contributed by atoms with Gasteiger partial charge in [-0.05, 0) is 30.2 Å². The first-order chi connectivity index (χ1) is 13.4. The normalized spacial score (nSPS) is 15.5. The summed E-state index contributed by atoms with van der Waals surface area (Å²) in [5.74, 6) is -0.431. The molecule has 0 saturated carbocycles. The number of aromatic nitrogens is 1. The van der Waals surface area contributed by atoms with Crippen molar-refractivity contribution in [3.63, 3.8) is 0 Å². The van der Waals surface area contributed by atoms with Crippen molar-refractivity contribution in [1.82, 2.24) is 9.88 Å². The van der Waals surface area contributed by atoms with Gasteiger partial charge in [-0.25, -0.2) is 4.98 Å². The maximum atomic E-state index is 12.5. The number of amides is 1. The van der Waals surface area contributed by atoms with Crippen LogP contribution >= 0.6 is 46.9 Å². The first-order valence-corrected chi connectivity index (χ1v) is 10.6. The molecule has 0 atom stereocenters. The molecule has 0 bridgehead atoms. The van der Waals surface area contributed by atoms with Crippen LogP contribution in [0, 0.1) is 0 Å². The van der Waals surface area contributed by atoms with Gasteiger partial charge in [0.15, 0.2) is 4.47 Å². The predicted octanol–water partition coefficient (Wildman–Crippen LogP) is 4.44. The molecule has 0 unspecified atom stereocenters. The van der Waals surface area contributed by atoms with Crippen molar-refractivity contribution in [2.45, 2.75) is 19.4 Å². The Kier molecular flexibility index (Phi) is 7.06. The Labute approximate surface area is 180 Å². The number of halogens is 1. The number of carbonyl (C=O) groups excluding carboxylic acids is 1. The van der Waals surface area contributed by atoms with Crippen LogP contribution in [0.3, 0.4) is 0 Å². The zero-order valence-electron chi connectivity index (χ0n) is 14.5. The molecule has 6 nitrogen and oxygen atoms in total. The number of carboxylic acids is 1. The maximum Gasteiger partial charge on any atom is 0.303 e. The van der Waals surface area contributed by atoms with Gasteiger partial charge in [0, 0.05) is 19.2 Å². The van der Waals surface area contributed by atoms with Gasteiger partial charge in [-0.3, -0.25) is 14.5 Å². The van der Waals surface area contributed by atoms with Gasteiger partial charge < -0.3 is 9.84 Å². The predicted molar refractivity (Wildman–Crippen MR) is 115 cm³/mol. The number of carbonyl (C=O) groups is 2. The van der Waals surface area contributed by atoms with E-state index >= 15 is 0 Å². The van der Waals surface area contributed by atoms with Crippen molar-refractivity contribution in [1.29, 1.82) is 0 Å². The van der Waals surface area contributed by atoms with Gasteiger partial charge in [0.25, 0.3) is 5.91 Å². The van der Waals surface area contributed by atoms with Crippen molar-refractivity contribution < 1.29 is 19.4 Å². The summed E-state index contributed by atoms with van der Waals surface area (Å²) in [5, 5.41) is 8.74. The van der Waals surface area contributed by atoms with Gasteiger partial charge in [0.1, 0.15) is 16.7 Å². The second-order valence-electron chi connectivity index (χ2n) is 5.77. The summed E-state index contributed by atoms with van der Waals surface area (Å²) in [6, 6.07) is 7.37. The van der Waals surface area contributed by atoms with Crippen LogP contribution in [0.15, 0.2) is 35.4 Å². The third-order valence-electron chi connectivity index (χ3n) is 3.71. The van der Waals surface area contributed by atoms with Gasteiger partial charge in [0.05, 0.1) is 9.78 Å². The largest absolute Gasteiger partial charge is 0.488 e. The topological polar surface area (TPSA) is 79.7 Å². The highest BCUT2D eigenvalue weighted by atomic mass is 35.5. The van der Waals surface area contributed by atoms with Gasteiger partial charge in [-0.1, -0.05) is 47.7 Å². The molecular weight excluding hydrogens is 440 g/mol. The average Bonchev–Trinajstić information content (AvgIpc) is 3.18. The van der Waals surface area contributed by atoms with E-state index in [1.165, 1.54) is 28.0 Å². The summed E-state index contributed by atoms with van der Waals surface area (Å²) < 4.78 is 6.67. The second-order valence-corrected chi connectivity index (χ2v) is 9.14. The molecule has 1 aliphatic heterocycles. The third-order valence-corrected chi connectivity index (χ3v) is 6.17. The fourth-order valence-corrected chi connectivity index (χ4v) is 4.63. The van der Waals surface area contributed by atoms with E-state index < -0.39 is 5.97 Å². The number of carboxylic acid groups (broad SMARTS) is 1. The molecular formula is C18H15ClN2O4S3. The molecule has 1 aromatic carbocycles. The second kappa shape index (κ2) is 9.51. The monoisotopic (exact) mass is 454 g/mol. The van der Waals surface area contributed by atoms with Crippen molar-refractivity contribution in [3.8, 4) is 5.75 Å². The van der Waals surface area contributed by atoms with Crippen molar-refractivity contribution in [2.75, 3.05) is 6.54 Å². The average molecular weight is 455 g/mol. The molecule has 2 heterocycles. The number of hydrogen-bond acceptors (Lipinski definition) is 7. The molecule has 1 saturated heterocycles. The van der Waals surface area contributed by atoms with Crippen LogP contribution < -0.4 is 4.74 Å². The van der Waals surface area contributed by atoms with Crippen molar-refractivity contribution in [3.05, 3.63) is 50.3 Å². The van der Waals surface area contributed by atoms with Crippen molar-refractivity contribution in [2.24, 2.45) is 0 Å². The number of hydrogen-bond donors (Lipinski definition) is 1. The molecule has 1 amide bonds. The molecule has 0 aliphatic carbocycles. The van der Waals surface area contributed by atoms with E-state index in [-0.39, 0.29) is 12.3 Å². The van der Waals surface area contributed by atoms with E-state index in [1.807, 2.05) is 24.3 Å². The van der Waals surface area contributed by atoms with E-state index in [9.17, 15) is 9.59 Å². The van der Waals surface area contributed by atoms with Crippen LogP contribution in [0.25, 0.3) is 6.08 Å². The SMILES string of the molecule is O=C(O)CCCN1C(=O)/C(=C\c2cccc(OCc3cnc(Cl)s3)c2)SC1=S. The molecule has 1 aromatic heterocycles. The van der Waals surface area contributed by atoms with E-state index in [4.69, 9.17) is 33.7 Å². The number of ether oxygens (including phenoxy) is 1. The zero-order valence-corrected chi connectivity index (χ0v) is 17.7. The highest BCUT2D eigenvalue weighted by molar-refractivity contribution is 8.26. The maximum absolute atomic E-state index is 12.5. The van der Waals surface area contributed by atoms with Gasteiger partial charge in [0.2, 0.25) is 0 Å². The molecule has 10 heteroatoms. The lowest BCUT2D eigenvalue weighted by molar-refractivity contribution is -0.137. The molecule has 0 spiro atoms. The number of thioether (sulfide) groups is 1. The number of aliphatic carboxylic acids is 1. The quantitative estimate of drug-likeness (QED) is 0.466. The molecule has 3 rings (SSSR count). The van der Waals surface area contributed by atoms with Crippen LogP contribution in [-0.2, 0) is 16.2 Å². The number of thiazole rings is 1. The highest BCUT2D eigenvalue weighted by Gasteiger charge is 2.31. The van der Waals surface area contributed by atoms with Gasteiger partial charge >= 0.3 is 5.97 Å². The number of nitrogens with zero attached hydrogens (tertiary/aromatic N) is 2. The fraction of sp³-hybridized carbons (Fsp3) is 0.222. The standard InChI is InChI=1S/C18H15ClN2O4S3/c19-17-20-9-13(27-17)10-25-12-4-1-3-11(7-12)8-14-16(24)21(18(26)28-14)6-2-5-15(22)23/h1,3-4,7-9H,2,5-6,10H2,(H,22,23)/b14-8+. The van der Waals surface area contributed by atoms with E-state index in [1.54, 1.807) is 12.3 Å². The van der Waals surface area contributed by atoms with E-state index in [0.717, 1.165) is 10.4 Å². The Hall–Kier alpha value is -1.94. The molecule has 1 fully saturated rings. The van der Waals surface area contributed by atoms with Crippen LogP contribution in [0.2, 0.25) is 4.47 Å². The lowest BCUT2D eigenvalue weighted by atomic mass is 10.2. The highest BCUT2D eigenvalue weighted by Crippen LogP contribution is 2.33. The summed E-state index contributed by atoms with van der Waals surface area (Å²) in [7, 11) is 0. The minimum absolute atomic E-state index is 0.000460. The zero-order chi connectivity index (χ0) is 20.1. The van der Waals surface area contributed by atoms with Gasteiger partial charge in [-0.15, -0.1) is 11.3 Å². The summed E-state index contributed by atoms with van der Waals surface area (Å²) in [6.07, 6.45) is 3.79. The number of rotatable bonds is 8. The summed E-state index contributed by atoms with van der Waals surface area (Å²) in [6.45, 7) is 0.661. The first-order valence-electron chi connectivity index (χ1n) is 8.22. The Balaban J connectivity index is 1.65. The van der Waals surface area contributed by atoms with Crippen LogP contribution in [0.1, 0.15) is 23.3 Å². The van der Waals surface area contributed by atoms with Crippen LogP contribution in [0.4, 0.5) is 0 Å². The summed E-state index contributed by atoms with van der Waals surface area (Å²) in [4.78, 5) is 30.0. The first kappa shape index (κ1) is 20.8. The smallest absolute Gasteiger partial charge is 0.303 e. The molecule has 0 radical (unpaired) electrons. The van der Waals surface area contributed by atoms with Crippen molar-refractivity contribution >= 4 is 69.2 Å². The van der Waals surface area contributed by atoms with Crippen LogP contribution in [-0.4, -0.2) is 37.7 Å². The van der Waals surface area contributed by atoms with E-state index in [2.05, 4.69) is 4.98 Å². The Morgan fingerprint density at radius 1 is 1.43 bits per heavy atom. The number of thiocarbonyl (C=S) groups is 1. The molecule has 1 aliphatic rings. The Morgan fingerprint density at radius 2 is 2.25 bits per heavy atom. The lowest BCUT2D eigenvalue weighted by Crippen LogP contribution is -2.29. The minimum atomic E-state index is -0.890. The fourth-order valence-electron chi connectivity index (χ4n) is 2.43. The summed E-state index contributed by atoms with van der Waals surface area (Å²) in [5.41, 5.74) is 0.811.